The summed E-state index contributed by atoms with van der Waals surface area (Å²) >= 11 is 1.52. The molecule has 0 atom stereocenters. The molecule has 100 valence electrons. The smallest absolute Gasteiger partial charge is 0.277 e. The Morgan fingerprint density at radius 2 is 2.10 bits per heavy atom. The third-order valence-electron chi connectivity index (χ3n) is 2.68. The Kier molecular flexibility index (Phi) is 3.30. The lowest BCUT2D eigenvalue weighted by Crippen LogP contribution is -2.13. The van der Waals surface area contributed by atoms with Crippen LogP contribution in [-0.2, 0) is 0 Å². The minimum Gasteiger partial charge on any atom is -0.440 e. The molecule has 20 heavy (non-hydrogen) atoms. The predicted octanol–water partition coefficient (Wildman–Crippen LogP) is 3.36. The van der Waals surface area contributed by atoms with Gasteiger partial charge in [-0.3, -0.25) is 9.78 Å². The lowest BCUT2D eigenvalue weighted by atomic mass is 10.3. The third kappa shape index (κ3) is 2.46. The van der Waals surface area contributed by atoms with Gasteiger partial charge in [-0.15, -0.1) is 11.3 Å². The number of aromatic nitrogens is 2. The molecule has 5 nitrogen and oxygen atoms in total. The van der Waals surface area contributed by atoms with Crippen LogP contribution in [0.15, 0.2) is 46.5 Å². The van der Waals surface area contributed by atoms with Crippen LogP contribution in [0.1, 0.15) is 16.2 Å². The van der Waals surface area contributed by atoms with Crippen molar-refractivity contribution >= 4 is 22.9 Å². The maximum atomic E-state index is 12.2. The van der Waals surface area contributed by atoms with Crippen molar-refractivity contribution in [1.29, 1.82) is 0 Å². The summed E-state index contributed by atoms with van der Waals surface area (Å²) in [6.07, 6.45) is 3.23. The molecule has 6 heteroatoms. The van der Waals surface area contributed by atoms with E-state index in [0.29, 0.717) is 23.0 Å². The first-order chi connectivity index (χ1) is 9.74. The van der Waals surface area contributed by atoms with Crippen LogP contribution in [0.4, 0.5) is 5.69 Å². The average molecular weight is 285 g/mol. The fraction of sp³-hybridized carbons (Fsp3) is 0.0714. The van der Waals surface area contributed by atoms with E-state index in [4.69, 9.17) is 4.42 Å². The fourth-order valence-electron chi connectivity index (χ4n) is 1.74. The molecule has 0 saturated heterocycles. The van der Waals surface area contributed by atoms with Gasteiger partial charge < -0.3 is 9.73 Å². The second-order valence-electron chi connectivity index (χ2n) is 4.09. The van der Waals surface area contributed by atoms with E-state index in [2.05, 4.69) is 15.3 Å². The number of pyridine rings is 1. The standard InChI is InChI=1S/C14H11N3O2S/c1-9-12(13(18)16-10-4-6-15-7-5-10)17-14(19-9)11-3-2-8-20-11/h2-8H,1H3,(H,15,16,18). The molecule has 1 N–H and O–H groups in total. The molecule has 0 aliphatic heterocycles. The maximum absolute atomic E-state index is 12.2. The van der Waals surface area contributed by atoms with Gasteiger partial charge in [0.15, 0.2) is 5.69 Å². The molecule has 3 rings (SSSR count). The number of rotatable bonds is 3. The summed E-state index contributed by atoms with van der Waals surface area (Å²) in [5, 5.41) is 4.70. The monoisotopic (exact) mass is 285 g/mol. The van der Waals surface area contributed by atoms with Gasteiger partial charge in [-0.2, -0.15) is 0 Å². The van der Waals surface area contributed by atoms with Crippen molar-refractivity contribution in [3.05, 3.63) is 53.5 Å². The van der Waals surface area contributed by atoms with Gasteiger partial charge in [0.25, 0.3) is 5.91 Å². The molecular weight excluding hydrogens is 274 g/mol. The number of nitrogens with zero attached hydrogens (tertiary/aromatic N) is 2. The minimum atomic E-state index is -0.291. The van der Waals surface area contributed by atoms with Crippen LogP contribution in [0.5, 0.6) is 0 Å². The molecule has 0 bridgehead atoms. The van der Waals surface area contributed by atoms with E-state index in [0.717, 1.165) is 4.88 Å². The summed E-state index contributed by atoms with van der Waals surface area (Å²) in [4.78, 5) is 21.2. The van der Waals surface area contributed by atoms with E-state index in [1.54, 1.807) is 31.5 Å². The Balaban J connectivity index is 1.85. The molecule has 0 radical (unpaired) electrons. The zero-order valence-corrected chi connectivity index (χ0v) is 11.5. The molecule has 3 aromatic heterocycles. The lowest BCUT2D eigenvalue weighted by molar-refractivity contribution is 0.102. The van der Waals surface area contributed by atoms with Gasteiger partial charge in [0.1, 0.15) is 5.76 Å². The number of aryl methyl sites for hydroxylation is 1. The molecule has 0 saturated carbocycles. The van der Waals surface area contributed by atoms with Crippen molar-refractivity contribution in [2.45, 2.75) is 6.92 Å². The molecule has 0 unspecified atom stereocenters. The minimum absolute atomic E-state index is 0.291. The first-order valence-electron chi connectivity index (χ1n) is 5.97. The van der Waals surface area contributed by atoms with Gasteiger partial charge in [-0.1, -0.05) is 6.07 Å². The normalized spacial score (nSPS) is 10.4. The van der Waals surface area contributed by atoms with Crippen LogP contribution in [0.25, 0.3) is 10.8 Å². The van der Waals surface area contributed by atoms with Crippen molar-refractivity contribution in [1.82, 2.24) is 9.97 Å². The molecule has 3 heterocycles. The third-order valence-corrected chi connectivity index (χ3v) is 3.54. The van der Waals surface area contributed by atoms with E-state index < -0.39 is 0 Å². The molecular formula is C14H11N3O2S. The van der Waals surface area contributed by atoms with E-state index in [1.807, 2.05) is 17.5 Å². The van der Waals surface area contributed by atoms with Crippen molar-refractivity contribution < 1.29 is 9.21 Å². The second-order valence-corrected chi connectivity index (χ2v) is 5.04. The first-order valence-corrected chi connectivity index (χ1v) is 6.84. The van der Waals surface area contributed by atoms with Gasteiger partial charge >= 0.3 is 0 Å². The number of hydrogen-bond acceptors (Lipinski definition) is 5. The fourth-order valence-corrected chi connectivity index (χ4v) is 2.39. The van der Waals surface area contributed by atoms with Crippen LogP contribution in [0, 0.1) is 6.92 Å². The second kappa shape index (κ2) is 5.26. The quantitative estimate of drug-likeness (QED) is 0.801. The molecule has 0 aliphatic rings. The number of amides is 1. The highest BCUT2D eigenvalue weighted by Crippen LogP contribution is 2.26. The Morgan fingerprint density at radius 3 is 2.80 bits per heavy atom. The van der Waals surface area contributed by atoms with Crippen LogP contribution in [0.3, 0.4) is 0 Å². The van der Waals surface area contributed by atoms with Crippen molar-refractivity contribution in [2.24, 2.45) is 0 Å². The Labute approximate surface area is 119 Å². The van der Waals surface area contributed by atoms with E-state index >= 15 is 0 Å². The largest absolute Gasteiger partial charge is 0.440 e. The van der Waals surface area contributed by atoms with Crippen LogP contribution < -0.4 is 5.32 Å². The molecule has 0 fully saturated rings. The van der Waals surface area contributed by atoms with E-state index in [9.17, 15) is 4.79 Å². The Bertz CT molecular complexity index is 720. The van der Waals surface area contributed by atoms with Crippen molar-refractivity contribution in [3.63, 3.8) is 0 Å². The van der Waals surface area contributed by atoms with Crippen molar-refractivity contribution in [3.8, 4) is 10.8 Å². The number of nitrogens with one attached hydrogen (secondary N) is 1. The number of carbonyl (C=O) groups excluding carboxylic acids is 1. The van der Waals surface area contributed by atoms with Gasteiger partial charge in [-0.25, -0.2) is 4.98 Å². The first kappa shape index (κ1) is 12.6. The summed E-state index contributed by atoms with van der Waals surface area (Å²) < 4.78 is 5.54. The summed E-state index contributed by atoms with van der Waals surface area (Å²) in [5.74, 6) is 0.678. The molecule has 0 spiro atoms. The van der Waals surface area contributed by atoms with Crippen LogP contribution in [-0.4, -0.2) is 15.9 Å². The molecule has 1 amide bonds. The zero-order valence-electron chi connectivity index (χ0n) is 10.7. The maximum Gasteiger partial charge on any atom is 0.277 e. The predicted molar refractivity (Wildman–Crippen MR) is 76.7 cm³/mol. The van der Waals surface area contributed by atoms with Crippen LogP contribution >= 0.6 is 11.3 Å². The zero-order chi connectivity index (χ0) is 13.9. The van der Waals surface area contributed by atoms with E-state index in [-0.39, 0.29) is 5.91 Å². The molecule has 0 aliphatic carbocycles. The summed E-state index contributed by atoms with van der Waals surface area (Å²) in [5.41, 5.74) is 0.968. The number of oxazole rings is 1. The van der Waals surface area contributed by atoms with Crippen molar-refractivity contribution in [2.75, 3.05) is 5.32 Å². The molecule has 0 aromatic carbocycles. The van der Waals surface area contributed by atoms with E-state index in [1.165, 1.54) is 11.3 Å². The number of carbonyl (C=O) groups is 1. The van der Waals surface area contributed by atoms with Gasteiger partial charge in [-0.05, 0) is 30.5 Å². The lowest BCUT2D eigenvalue weighted by Gasteiger charge is -2.01. The highest BCUT2D eigenvalue weighted by Gasteiger charge is 2.18. The van der Waals surface area contributed by atoms with Gasteiger partial charge in [0.05, 0.1) is 4.88 Å². The SMILES string of the molecule is Cc1oc(-c2cccs2)nc1C(=O)Nc1ccncc1. The highest BCUT2D eigenvalue weighted by molar-refractivity contribution is 7.13. The van der Waals surface area contributed by atoms with Gasteiger partial charge in [0.2, 0.25) is 5.89 Å². The number of thiophene rings is 1. The van der Waals surface area contributed by atoms with Crippen LogP contribution in [0.2, 0.25) is 0 Å². The summed E-state index contributed by atoms with van der Waals surface area (Å²) in [6.45, 7) is 1.73. The highest BCUT2D eigenvalue weighted by atomic mass is 32.1. The topological polar surface area (TPSA) is 68.0 Å². The number of hydrogen-bond donors (Lipinski definition) is 1. The summed E-state index contributed by atoms with van der Waals surface area (Å²) in [6, 6.07) is 7.25. The Morgan fingerprint density at radius 1 is 1.30 bits per heavy atom. The number of anilines is 1. The Hall–Kier alpha value is -2.47. The van der Waals surface area contributed by atoms with Gasteiger partial charge in [0, 0.05) is 18.1 Å². The average Bonchev–Trinajstić information content (AvgIpc) is 3.08. The molecule has 3 aromatic rings. The summed E-state index contributed by atoms with van der Waals surface area (Å²) in [7, 11) is 0.